The summed E-state index contributed by atoms with van der Waals surface area (Å²) in [6.45, 7) is 7.11. The summed E-state index contributed by atoms with van der Waals surface area (Å²) >= 11 is 1.59. The summed E-state index contributed by atoms with van der Waals surface area (Å²) in [5.74, 6) is 0.988. The van der Waals surface area contributed by atoms with Crippen molar-refractivity contribution in [3.05, 3.63) is 53.2 Å². The van der Waals surface area contributed by atoms with E-state index < -0.39 is 0 Å². The number of nitrogens with one attached hydrogen (secondary N) is 1. The zero-order chi connectivity index (χ0) is 19.5. The third-order valence-electron chi connectivity index (χ3n) is 5.33. The molecule has 0 saturated carbocycles. The number of anilines is 1. The summed E-state index contributed by atoms with van der Waals surface area (Å²) in [5, 5.41) is 3.02. The van der Waals surface area contributed by atoms with Gasteiger partial charge < -0.3 is 14.7 Å². The maximum absolute atomic E-state index is 12.8. The van der Waals surface area contributed by atoms with Crippen LogP contribution in [-0.2, 0) is 11.3 Å². The van der Waals surface area contributed by atoms with Crippen LogP contribution in [0, 0.1) is 6.92 Å². The van der Waals surface area contributed by atoms with Crippen molar-refractivity contribution in [1.29, 1.82) is 0 Å². The van der Waals surface area contributed by atoms with E-state index >= 15 is 0 Å². The first-order chi connectivity index (χ1) is 13.6. The molecule has 3 heterocycles. The maximum atomic E-state index is 12.8. The highest BCUT2D eigenvalue weighted by atomic mass is 32.1. The van der Waals surface area contributed by atoms with Gasteiger partial charge in [-0.15, -0.1) is 11.3 Å². The molecule has 3 aromatic rings. The first kappa shape index (κ1) is 18.8. The average molecular weight is 397 g/mol. The fraction of sp³-hybridized carbons (Fsp3) is 0.381. The van der Waals surface area contributed by atoms with Gasteiger partial charge in [-0.25, -0.2) is 9.97 Å². The van der Waals surface area contributed by atoms with Crippen LogP contribution in [0.25, 0.3) is 10.2 Å². The maximum Gasteiger partial charge on any atom is 0.242 e. The number of thiophene rings is 1. The third kappa shape index (κ3) is 4.15. The molecule has 0 spiro atoms. The molecule has 1 aromatic carbocycles. The van der Waals surface area contributed by atoms with Crippen LogP contribution in [0.15, 0.2) is 42.0 Å². The first-order valence-corrected chi connectivity index (χ1v) is 10.5. The van der Waals surface area contributed by atoms with Crippen LogP contribution < -0.4 is 9.80 Å². The van der Waals surface area contributed by atoms with Crippen molar-refractivity contribution in [2.75, 3.05) is 44.7 Å². The smallest absolute Gasteiger partial charge is 0.242 e. The Morgan fingerprint density at radius 2 is 2.07 bits per heavy atom. The first-order valence-electron chi connectivity index (χ1n) is 9.66. The molecule has 28 heavy (non-hydrogen) atoms. The van der Waals surface area contributed by atoms with Gasteiger partial charge in [-0.3, -0.25) is 4.79 Å². The second-order valence-electron chi connectivity index (χ2n) is 7.49. The van der Waals surface area contributed by atoms with Gasteiger partial charge in [0, 0.05) is 12.6 Å². The van der Waals surface area contributed by atoms with Gasteiger partial charge in [-0.1, -0.05) is 29.8 Å². The van der Waals surface area contributed by atoms with E-state index in [4.69, 9.17) is 0 Å². The topological polar surface area (TPSA) is 53.8 Å². The second-order valence-corrected chi connectivity index (χ2v) is 8.38. The molecule has 1 aliphatic heterocycles. The number of carbonyl (C=O) groups excluding carboxylic acids is 1. The Hall–Kier alpha value is -2.51. The standard InChI is InChI=1S/C21H25N5OS/c1-16-4-3-5-17(12-16)13-25-7-9-26(10-8-25)19(27)14-24(2)20-18-6-11-28-21(18)23-15-22-20/h3-6,11-12,15H,7-10,13-14H2,1-2H3/p+1. The second kappa shape index (κ2) is 8.24. The minimum Gasteiger partial charge on any atom is -0.350 e. The molecule has 6 nitrogen and oxygen atoms in total. The van der Waals surface area contributed by atoms with Crippen LogP contribution in [0.3, 0.4) is 0 Å². The molecule has 7 heteroatoms. The number of amides is 1. The lowest BCUT2D eigenvalue weighted by Crippen LogP contribution is -3.13. The van der Waals surface area contributed by atoms with Crippen molar-refractivity contribution in [2.24, 2.45) is 0 Å². The summed E-state index contributed by atoms with van der Waals surface area (Å²) in [4.78, 5) is 27.9. The van der Waals surface area contributed by atoms with Crippen LogP contribution in [0.4, 0.5) is 5.82 Å². The quantitative estimate of drug-likeness (QED) is 0.708. The molecule has 2 aromatic heterocycles. The van der Waals surface area contributed by atoms with Crippen LogP contribution in [0.2, 0.25) is 0 Å². The number of benzene rings is 1. The lowest BCUT2D eigenvalue weighted by atomic mass is 10.1. The van der Waals surface area contributed by atoms with E-state index in [1.54, 1.807) is 22.6 Å². The number of rotatable bonds is 5. The number of aromatic nitrogens is 2. The van der Waals surface area contributed by atoms with Gasteiger partial charge in [0.15, 0.2) is 0 Å². The fourth-order valence-corrected chi connectivity index (χ4v) is 4.55. The van der Waals surface area contributed by atoms with Gasteiger partial charge in [-0.2, -0.15) is 0 Å². The Morgan fingerprint density at radius 3 is 2.86 bits per heavy atom. The van der Waals surface area contributed by atoms with Crippen molar-refractivity contribution in [3.63, 3.8) is 0 Å². The number of fused-ring (bicyclic) bond motifs is 1. The molecule has 1 N–H and O–H groups in total. The Balaban J connectivity index is 1.32. The number of likely N-dealkylation sites (N-methyl/N-ethyl adjacent to an activating group) is 1. The lowest BCUT2D eigenvalue weighted by molar-refractivity contribution is -0.917. The Kier molecular flexibility index (Phi) is 5.54. The summed E-state index contributed by atoms with van der Waals surface area (Å²) < 4.78 is 0. The van der Waals surface area contributed by atoms with Crippen molar-refractivity contribution in [2.45, 2.75) is 13.5 Å². The zero-order valence-electron chi connectivity index (χ0n) is 16.4. The molecular weight excluding hydrogens is 370 g/mol. The van der Waals surface area contributed by atoms with E-state index in [1.807, 2.05) is 28.3 Å². The Morgan fingerprint density at radius 1 is 1.25 bits per heavy atom. The van der Waals surface area contributed by atoms with Gasteiger partial charge in [-0.05, 0) is 18.4 Å². The van der Waals surface area contributed by atoms with Crippen LogP contribution in [-0.4, -0.2) is 60.5 Å². The lowest BCUT2D eigenvalue weighted by Gasteiger charge is -2.33. The SMILES string of the molecule is Cc1cccc(C[NH+]2CCN(C(=O)CN(C)c3ncnc4sccc34)CC2)c1. The highest BCUT2D eigenvalue weighted by Gasteiger charge is 2.25. The predicted molar refractivity (Wildman–Crippen MR) is 113 cm³/mol. The van der Waals surface area contributed by atoms with Crippen molar-refractivity contribution in [1.82, 2.24) is 14.9 Å². The molecule has 0 atom stereocenters. The van der Waals surface area contributed by atoms with Crippen LogP contribution in [0.1, 0.15) is 11.1 Å². The zero-order valence-corrected chi connectivity index (χ0v) is 17.2. The summed E-state index contributed by atoms with van der Waals surface area (Å²) in [5.41, 5.74) is 2.68. The van der Waals surface area contributed by atoms with Gasteiger partial charge in [0.2, 0.25) is 5.91 Å². The van der Waals surface area contributed by atoms with Gasteiger partial charge in [0.05, 0.1) is 38.1 Å². The highest BCUT2D eigenvalue weighted by molar-refractivity contribution is 7.16. The van der Waals surface area contributed by atoms with Crippen molar-refractivity contribution < 1.29 is 9.69 Å². The number of quaternary nitrogens is 1. The van der Waals surface area contributed by atoms with Gasteiger partial charge in [0.1, 0.15) is 23.5 Å². The Bertz CT molecular complexity index is 964. The molecule has 1 saturated heterocycles. The summed E-state index contributed by atoms with van der Waals surface area (Å²) in [6, 6.07) is 10.7. The van der Waals surface area contributed by atoms with Crippen molar-refractivity contribution >= 4 is 33.3 Å². The molecule has 0 bridgehead atoms. The normalized spacial score (nSPS) is 15.1. The number of nitrogens with zero attached hydrogens (tertiary/aromatic N) is 4. The van der Waals surface area contributed by atoms with Gasteiger partial charge >= 0.3 is 0 Å². The number of hydrogen-bond donors (Lipinski definition) is 1. The molecular formula is C21H26N5OS+. The monoisotopic (exact) mass is 396 g/mol. The highest BCUT2D eigenvalue weighted by Crippen LogP contribution is 2.25. The number of aryl methyl sites for hydroxylation is 1. The van der Waals surface area contributed by atoms with E-state index in [2.05, 4.69) is 41.2 Å². The van der Waals surface area contributed by atoms with E-state index in [0.717, 1.165) is 48.8 Å². The van der Waals surface area contributed by atoms with E-state index in [-0.39, 0.29) is 5.91 Å². The molecule has 4 rings (SSSR count). The van der Waals surface area contributed by atoms with E-state index in [9.17, 15) is 4.79 Å². The van der Waals surface area contributed by atoms with Crippen molar-refractivity contribution in [3.8, 4) is 0 Å². The average Bonchev–Trinajstić information content (AvgIpc) is 3.17. The fourth-order valence-electron chi connectivity index (χ4n) is 3.82. The van der Waals surface area contributed by atoms with Gasteiger partial charge in [0.25, 0.3) is 0 Å². The molecule has 1 amide bonds. The third-order valence-corrected chi connectivity index (χ3v) is 6.16. The summed E-state index contributed by atoms with van der Waals surface area (Å²) in [6.07, 6.45) is 1.57. The molecule has 0 radical (unpaired) electrons. The molecule has 1 fully saturated rings. The largest absolute Gasteiger partial charge is 0.350 e. The molecule has 0 unspecified atom stereocenters. The minimum atomic E-state index is 0.166. The number of piperazine rings is 1. The van der Waals surface area contributed by atoms with E-state index in [1.165, 1.54) is 11.1 Å². The van der Waals surface area contributed by atoms with E-state index in [0.29, 0.717) is 6.54 Å². The number of carbonyl (C=O) groups is 1. The number of hydrogen-bond acceptors (Lipinski definition) is 5. The Labute approximate surface area is 169 Å². The van der Waals surface area contributed by atoms with Crippen LogP contribution in [0.5, 0.6) is 0 Å². The molecule has 1 aliphatic rings. The summed E-state index contributed by atoms with van der Waals surface area (Å²) in [7, 11) is 1.93. The minimum absolute atomic E-state index is 0.166. The van der Waals surface area contributed by atoms with Crippen LogP contribution >= 0.6 is 11.3 Å². The molecule has 0 aliphatic carbocycles. The predicted octanol–water partition coefficient (Wildman–Crippen LogP) is 1.36. The molecule has 146 valence electrons.